The standard InChI is InChI=1S/C17H28N2OS/c1-3-5-7-15(6-4-2)18-12-17(20)19-10-8-16-14(13-19)9-11-21-16/h9,11,15,18H,3-8,10,12-13H2,1-2H3. The lowest BCUT2D eigenvalue weighted by molar-refractivity contribution is -0.131. The molecule has 1 atom stereocenters. The van der Waals surface area contributed by atoms with Gasteiger partial charge in [0.05, 0.1) is 6.54 Å². The number of nitrogens with zero attached hydrogens (tertiary/aromatic N) is 1. The van der Waals surface area contributed by atoms with Gasteiger partial charge in [-0.25, -0.2) is 0 Å². The van der Waals surface area contributed by atoms with Crippen molar-refractivity contribution in [1.82, 2.24) is 10.2 Å². The second-order valence-electron chi connectivity index (χ2n) is 5.94. The van der Waals surface area contributed by atoms with E-state index in [1.165, 1.54) is 42.5 Å². The number of nitrogens with one attached hydrogen (secondary N) is 1. The monoisotopic (exact) mass is 308 g/mol. The minimum atomic E-state index is 0.254. The Bertz CT molecular complexity index is 444. The maximum Gasteiger partial charge on any atom is 0.236 e. The Hall–Kier alpha value is -0.870. The molecule has 1 amide bonds. The molecule has 2 heterocycles. The van der Waals surface area contributed by atoms with Gasteiger partial charge in [0.2, 0.25) is 5.91 Å². The largest absolute Gasteiger partial charge is 0.337 e. The van der Waals surface area contributed by atoms with E-state index in [9.17, 15) is 4.79 Å². The number of unbranched alkanes of at least 4 members (excludes halogenated alkanes) is 1. The van der Waals surface area contributed by atoms with Crippen LogP contribution in [0.1, 0.15) is 56.4 Å². The Morgan fingerprint density at radius 2 is 2.24 bits per heavy atom. The highest BCUT2D eigenvalue weighted by Crippen LogP contribution is 2.23. The van der Waals surface area contributed by atoms with Gasteiger partial charge in [0.1, 0.15) is 0 Å². The fourth-order valence-electron chi connectivity index (χ4n) is 2.95. The average Bonchev–Trinajstić information content (AvgIpc) is 2.97. The number of carbonyl (C=O) groups excluding carboxylic acids is 1. The SMILES string of the molecule is CCCCC(CCC)NCC(=O)N1CCc2sccc2C1. The van der Waals surface area contributed by atoms with E-state index in [1.54, 1.807) is 0 Å². The van der Waals surface area contributed by atoms with E-state index >= 15 is 0 Å². The van der Waals surface area contributed by atoms with E-state index < -0.39 is 0 Å². The van der Waals surface area contributed by atoms with E-state index in [0.29, 0.717) is 12.6 Å². The van der Waals surface area contributed by atoms with E-state index in [2.05, 4.69) is 30.6 Å². The Labute approximate surface area is 132 Å². The van der Waals surface area contributed by atoms with Gasteiger partial charge in [0, 0.05) is 24.0 Å². The predicted molar refractivity (Wildman–Crippen MR) is 89.7 cm³/mol. The highest BCUT2D eigenvalue weighted by atomic mass is 32.1. The lowest BCUT2D eigenvalue weighted by Crippen LogP contribution is -2.43. The van der Waals surface area contributed by atoms with Gasteiger partial charge in [-0.2, -0.15) is 0 Å². The maximum absolute atomic E-state index is 12.4. The molecule has 1 aliphatic heterocycles. The molecule has 1 aromatic rings. The van der Waals surface area contributed by atoms with Gasteiger partial charge in [0.25, 0.3) is 0 Å². The maximum atomic E-state index is 12.4. The number of hydrogen-bond donors (Lipinski definition) is 1. The molecule has 0 fully saturated rings. The topological polar surface area (TPSA) is 32.3 Å². The number of fused-ring (bicyclic) bond motifs is 1. The fraction of sp³-hybridized carbons (Fsp3) is 0.706. The first-order valence-corrected chi connectivity index (χ1v) is 9.19. The molecule has 2 rings (SSSR count). The molecule has 1 aromatic heterocycles. The molecule has 0 bridgehead atoms. The first kappa shape index (κ1) is 16.5. The van der Waals surface area contributed by atoms with Crippen molar-refractivity contribution in [2.24, 2.45) is 0 Å². The van der Waals surface area contributed by atoms with Crippen molar-refractivity contribution in [3.8, 4) is 0 Å². The number of amides is 1. The third-order valence-electron chi connectivity index (χ3n) is 4.25. The molecule has 3 nitrogen and oxygen atoms in total. The molecule has 21 heavy (non-hydrogen) atoms. The van der Waals surface area contributed by atoms with Crippen LogP contribution in [0.2, 0.25) is 0 Å². The molecule has 118 valence electrons. The van der Waals surface area contributed by atoms with Crippen molar-refractivity contribution in [1.29, 1.82) is 0 Å². The molecule has 1 unspecified atom stereocenters. The third-order valence-corrected chi connectivity index (χ3v) is 5.27. The van der Waals surface area contributed by atoms with Crippen LogP contribution in [0, 0.1) is 0 Å². The summed E-state index contributed by atoms with van der Waals surface area (Å²) in [4.78, 5) is 15.8. The van der Waals surface area contributed by atoms with Crippen molar-refractivity contribution < 1.29 is 4.79 Å². The number of carbonyl (C=O) groups is 1. The molecular formula is C17H28N2OS. The summed E-state index contributed by atoms with van der Waals surface area (Å²) in [7, 11) is 0. The highest BCUT2D eigenvalue weighted by Gasteiger charge is 2.21. The van der Waals surface area contributed by atoms with Gasteiger partial charge in [0.15, 0.2) is 0 Å². The molecule has 0 spiro atoms. The van der Waals surface area contributed by atoms with Crippen LogP contribution >= 0.6 is 11.3 Å². The summed E-state index contributed by atoms with van der Waals surface area (Å²) < 4.78 is 0. The average molecular weight is 308 g/mol. The van der Waals surface area contributed by atoms with E-state index in [1.807, 2.05) is 16.2 Å². The van der Waals surface area contributed by atoms with Crippen LogP contribution in [0.4, 0.5) is 0 Å². The zero-order valence-corrected chi connectivity index (χ0v) is 14.2. The lowest BCUT2D eigenvalue weighted by atomic mass is 10.1. The molecule has 1 N–H and O–H groups in total. The quantitative estimate of drug-likeness (QED) is 0.796. The highest BCUT2D eigenvalue weighted by molar-refractivity contribution is 7.10. The van der Waals surface area contributed by atoms with E-state index in [4.69, 9.17) is 0 Å². The van der Waals surface area contributed by atoms with Crippen molar-refractivity contribution >= 4 is 17.2 Å². The molecule has 0 aliphatic carbocycles. The smallest absolute Gasteiger partial charge is 0.236 e. The first-order valence-electron chi connectivity index (χ1n) is 8.31. The fourth-order valence-corrected chi connectivity index (χ4v) is 3.84. The predicted octanol–water partition coefficient (Wildman–Crippen LogP) is 3.58. The van der Waals surface area contributed by atoms with Gasteiger partial charge in [-0.1, -0.05) is 33.1 Å². The molecule has 0 saturated heterocycles. The van der Waals surface area contributed by atoms with Crippen LogP contribution < -0.4 is 5.32 Å². The summed E-state index contributed by atoms with van der Waals surface area (Å²) in [5.41, 5.74) is 1.34. The first-order chi connectivity index (χ1) is 10.2. The zero-order valence-electron chi connectivity index (χ0n) is 13.4. The number of rotatable bonds is 8. The summed E-state index contributed by atoms with van der Waals surface area (Å²) in [6, 6.07) is 2.66. The zero-order chi connectivity index (χ0) is 15.1. The normalized spacial score (nSPS) is 15.8. The third kappa shape index (κ3) is 4.82. The minimum absolute atomic E-state index is 0.254. The summed E-state index contributed by atoms with van der Waals surface area (Å²) in [5.74, 6) is 0.254. The molecule has 0 radical (unpaired) electrons. The Morgan fingerprint density at radius 3 is 3.00 bits per heavy atom. The van der Waals surface area contributed by atoms with Gasteiger partial charge in [-0.3, -0.25) is 4.79 Å². The summed E-state index contributed by atoms with van der Waals surface area (Å²) in [6.45, 7) is 6.60. The lowest BCUT2D eigenvalue weighted by Gasteiger charge is -2.28. The van der Waals surface area contributed by atoms with Crippen LogP contribution in [-0.2, 0) is 17.8 Å². The van der Waals surface area contributed by atoms with Crippen LogP contribution in [0.3, 0.4) is 0 Å². The van der Waals surface area contributed by atoms with Gasteiger partial charge >= 0.3 is 0 Å². The second-order valence-corrected chi connectivity index (χ2v) is 6.94. The summed E-state index contributed by atoms with van der Waals surface area (Å²) >= 11 is 1.82. The number of thiophene rings is 1. The van der Waals surface area contributed by atoms with Crippen LogP contribution in [0.25, 0.3) is 0 Å². The molecular weight excluding hydrogens is 280 g/mol. The summed E-state index contributed by atoms with van der Waals surface area (Å²) in [5, 5.41) is 5.62. The van der Waals surface area contributed by atoms with Crippen molar-refractivity contribution in [3.63, 3.8) is 0 Å². The minimum Gasteiger partial charge on any atom is -0.337 e. The van der Waals surface area contributed by atoms with Crippen LogP contribution in [0.5, 0.6) is 0 Å². The Kier molecular flexibility index (Phi) is 6.71. The Balaban J connectivity index is 1.78. The van der Waals surface area contributed by atoms with Crippen molar-refractivity contribution in [2.45, 2.75) is 65.0 Å². The number of hydrogen-bond acceptors (Lipinski definition) is 3. The molecule has 0 aromatic carbocycles. The molecule has 1 aliphatic rings. The van der Waals surface area contributed by atoms with Crippen molar-refractivity contribution in [2.75, 3.05) is 13.1 Å². The van der Waals surface area contributed by atoms with Gasteiger partial charge < -0.3 is 10.2 Å². The van der Waals surface area contributed by atoms with Gasteiger partial charge in [-0.05, 0) is 36.3 Å². The van der Waals surface area contributed by atoms with Crippen LogP contribution in [0.15, 0.2) is 11.4 Å². The van der Waals surface area contributed by atoms with Crippen LogP contribution in [-0.4, -0.2) is 29.9 Å². The summed E-state index contributed by atoms with van der Waals surface area (Å²) in [6.07, 6.45) is 7.02. The Morgan fingerprint density at radius 1 is 1.38 bits per heavy atom. The van der Waals surface area contributed by atoms with Gasteiger partial charge in [-0.15, -0.1) is 11.3 Å². The molecule has 4 heteroatoms. The second kappa shape index (κ2) is 8.54. The van der Waals surface area contributed by atoms with E-state index in [-0.39, 0.29) is 5.91 Å². The van der Waals surface area contributed by atoms with E-state index in [0.717, 1.165) is 19.5 Å². The molecule has 0 saturated carbocycles. The van der Waals surface area contributed by atoms with Crippen molar-refractivity contribution in [3.05, 3.63) is 21.9 Å².